The largest absolute Gasteiger partial charge is 0.337 e. The predicted octanol–water partition coefficient (Wildman–Crippen LogP) is 0.432. The molecule has 8 heavy (non-hydrogen) atoms. The van der Waals surface area contributed by atoms with Crippen molar-refractivity contribution in [2.45, 2.75) is 0 Å². The zero-order valence-corrected chi connectivity index (χ0v) is 4.60. The molecule has 2 N–H and O–H groups in total. The molecule has 0 fully saturated rings. The standard InChI is InChI=1S/C3H3N2O2S/c6-7-3-1-4-5-8-2-3/h2,5-6H. The van der Waals surface area contributed by atoms with Crippen LogP contribution in [0.1, 0.15) is 0 Å². The van der Waals surface area contributed by atoms with Crippen molar-refractivity contribution in [3.63, 3.8) is 0 Å². The topological polar surface area (TPSA) is 53.9 Å². The number of nitrogens with zero attached hydrogens (tertiary/aromatic N) is 1. The van der Waals surface area contributed by atoms with E-state index in [9.17, 15) is 0 Å². The molecule has 43 valence electrons. The fourth-order valence-corrected chi connectivity index (χ4v) is 0.606. The van der Waals surface area contributed by atoms with Crippen LogP contribution in [0.15, 0.2) is 16.3 Å². The van der Waals surface area contributed by atoms with Gasteiger partial charge in [0, 0.05) is 5.41 Å². The lowest BCUT2D eigenvalue weighted by atomic mass is 10.6. The first-order chi connectivity index (χ1) is 3.93. The van der Waals surface area contributed by atoms with Crippen LogP contribution in [0, 0.1) is 0 Å². The summed E-state index contributed by atoms with van der Waals surface area (Å²) in [5.41, 5.74) is 0. The lowest BCUT2D eigenvalue weighted by Crippen LogP contribution is -2.00. The van der Waals surface area contributed by atoms with E-state index in [0.29, 0.717) is 0 Å². The highest BCUT2D eigenvalue weighted by Crippen LogP contribution is 2.05. The van der Waals surface area contributed by atoms with Crippen molar-refractivity contribution in [2.24, 2.45) is 5.10 Å². The monoisotopic (exact) mass is 131 g/mol. The van der Waals surface area contributed by atoms with Crippen LogP contribution < -0.4 is 4.83 Å². The molecule has 0 saturated heterocycles. The highest BCUT2D eigenvalue weighted by Gasteiger charge is 1.97. The summed E-state index contributed by atoms with van der Waals surface area (Å²) >= 11 is 1.20. The quantitative estimate of drug-likeness (QED) is 0.308. The van der Waals surface area contributed by atoms with Gasteiger partial charge in [-0.3, -0.25) is 0 Å². The van der Waals surface area contributed by atoms with Crippen LogP contribution in [0.25, 0.3) is 0 Å². The van der Waals surface area contributed by atoms with Crippen molar-refractivity contribution < 1.29 is 10.1 Å². The molecule has 0 unspecified atom stereocenters. The molecule has 0 atom stereocenters. The second-order valence-electron chi connectivity index (χ2n) is 1.01. The lowest BCUT2D eigenvalue weighted by molar-refractivity contribution is -0.194. The van der Waals surface area contributed by atoms with Crippen LogP contribution in [0.3, 0.4) is 0 Å². The Hall–Kier alpha value is -0.680. The second-order valence-corrected chi connectivity index (χ2v) is 1.66. The van der Waals surface area contributed by atoms with Gasteiger partial charge < -0.3 is 4.89 Å². The van der Waals surface area contributed by atoms with Gasteiger partial charge in [0.25, 0.3) is 0 Å². The van der Waals surface area contributed by atoms with Gasteiger partial charge in [-0.2, -0.15) is 5.10 Å². The van der Waals surface area contributed by atoms with E-state index in [1.54, 1.807) is 0 Å². The maximum atomic E-state index is 7.96. The highest BCUT2D eigenvalue weighted by molar-refractivity contribution is 8.00. The third kappa shape index (κ3) is 1.14. The Balaban J connectivity index is 2.51. The van der Waals surface area contributed by atoms with Gasteiger partial charge in [-0.25, -0.2) is 10.1 Å². The van der Waals surface area contributed by atoms with Crippen molar-refractivity contribution in [2.75, 3.05) is 0 Å². The Labute approximate surface area is 50.3 Å². The maximum Gasteiger partial charge on any atom is 0.203 e. The number of rotatable bonds is 1. The Morgan fingerprint density at radius 3 is 3.25 bits per heavy atom. The number of hydrogen-bond donors (Lipinski definition) is 2. The number of hydrazone groups is 1. The highest BCUT2D eigenvalue weighted by atomic mass is 32.2. The molecule has 0 aromatic carbocycles. The van der Waals surface area contributed by atoms with E-state index >= 15 is 0 Å². The molecule has 1 heterocycles. The molecule has 0 bridgehead atoms. The van der Waals surface area contributed by atoms with E-state index in [-0.39, 0.29) is 5.76 Å². The smallest absolute Gasteiger partial charge is 0.203 e. The minimum atomic E-state index is 0.216. The summed E-state index contributed by atoms with van der Waals surface area (Å²) < 4.78 is 0. The van der Waals surface area contributed by atoms with Crippen molar-refractivity contribution in [3.05, 3.63) is 11.2 Å². The fourth-order valence-electron chi connectivity index (χ4n) is 0.252. The van der Waals surface area contributed by atoms with Crippen molar-refractivity contribution >= 4 is 18.2 Å². The molecule has 1 rings (SSSR count). The molecule has 5 heteroatoms. The van der Waals surface area contributed by atoms with Gasteiger partial charge in [0.2, 0.25) is 5.76 Å². The molecular weight excluding hydrogens is 128 g/mol. The van der Waals surface area contributed by atoms with Gasteiger partial charge in [0.05, 0.1) is 0 Å². The molecule has 1 aliphatic heterocycles. The Morgan fingerprint density at radius 1 is 2.00 bits per heavy atom. The van der Waals surface area contributed by atoms with Gasteiger partial charge in [-0.05, 0) is 11.9 Å². The fraction of sp³-hybridized carbons (Fsp3) is 0. The Kier molecular flexibility index (Phi) is 1.76. The Bertz CT molecular complexity index is 133. The summed E-state index contributed by atoms with van der Waals surface area (Å²) in [7, 11) is 0. The molecule has 0 saturated carbocycles. The molecule has 4 nitrogen and oxygen atoms in total. The maximum absolute atomic E-state index is 7.96. The number of hydrogen-bond acceptors (Lipinski definition) is 5. The second kappa shape index (κ2) is 2.58. The first-order valence-corrected chi connectivity index (χ1v) is 2.69. The van der Waals surface area contributed by atoms with Crippen LogP contribution in [0.2, 0.25) is 0 Å². The van der Waals surface area contributed by atoms with E-state index in [4.69, 9.17) is 5.26 Å². The van der Waals surface area contributed by atoms with Gasteiger partial charge in [-0.15, -0.1) is 0 Å². The van der Waals surface area contributed by atoms with Crippen molar-refractivity contribution in [3.8, 4) is 0 Å². The summed E-state index contributed by atoms with van der Waals surface area (Å²) in [6, 6.07) is 0. The zero-order chi connectivity index (χ0) is 5.82. The van der Waals surface area contributed by atoms with E-state index in [1.165, 1.54) is 17.4 Å². The van der Waals surface area contributed by atoms with Crippen LogP contribution in [0.5, 0.6) is 0 Å². The normalized spacial score (nSPS) is 16.9. The zero-order valence-electron chi connectivity index (χ0n) is 3.79. The minimum absolute atomic E-state index is 0.216. The molecule has 0 spiro atoms. The van der Waals surface area contributed by atoms with Gasteiger partial charge >= 0.3 is 0 Å². The van der Waals surface area contributed by atoms with E-state index in [1.807, 2.05) is 0 Å². The molecule has 1 aliphatic rings. The predicted molar refractivity (Wildman–Crippen MR) is 30.0 cm³/mol. The molecule has 0 aromatic heterocycles. The van der Waals surface area contributed by atoms with E-state index in [0.717, 1.165) is 0 Å². The third-order valence-corrected chi connectivity index (χ3v) is 1.06. The summed E-state index contributed by atoms with van der Waals surface area (Å²) in [4.78, 5) is 6.30. The molecular formula is C3H3N2O2S. The molecule has 0 aromatic rings. The van der Waals surface area contributed by atoms with E-state index < -0.39 is 0 Å². The SMILES string of the molecule is OOC1=CSNN=[C]1. The van der Waals surface area contributed by atoms with Gasteiger partial charge in [-0.1, -0.05) is 0 Å². The minimum Gasteiger partial charge on any atom is -0.337 e. The van der Waals surface area contributed by atoms with Crippen molar-refractivity contribution in [1.82, 2.24) is 4.83 Å². The summed E-state index contributed by atoms with van der Waals surface area (Å²) in [5.74, 6) is 0.216. The number of allylic oxidation sites excluding steroid dienone is 1. The van der Waals surface area contributed by atoms with Crippen LogP contribution >= 0.6 is 11.9 Å². The van der Waals surface area contributed by atoms with Crippen LogP contribution in [-0.2, 0) is 4.89 Å². The third-order valence-electron chi connectivity index (χ3n) is 0.529. The van der Waals surface area contributed by atoms with Gasteiger partial charge in [0.1, 0.15) is 0 Å². The summed E-state index contributed by atoms with van der Waals surface area (Å²) in [5, 5.41) is 12.9. The summed E-state index contributed by atoms with van der Waals surface area (Å²) in [6.07, 6.45) is 2.35. The van der Waals surface area contributed by atoms with Crippen molar-refractivity contribution in [1.29, 1.82) is 0 Å². The van der Waals surface area contributed by atoms with E-state index in [2.05, 4.69) is 21.0 Å². The molecule has 0 aliphatic carbocycles. The van der Waals surface area contributed by atoms with Crippen LogP contribution in [-0.4, -0.2) is 11.5 Å². The summed E-state index contributed by atoms with van der Waals surface area (Å²) in [6.45, 7) is 0. The first-order valence-electron chi connectivity index (χ1n) is 1.81. The van der Waals surface area contributed by atoms with Crippen LogP contribution in [0.4, 0.5) is 0 Å². The molecule has 0 amide bonds. The Morgan fingerprint density at radius 2 is 2.88 bits per heavy atom. The average molecular weight is 131 g/mol. The molecule has 1 radical (unpaired) electrons. The lowest BCUT2D eigenvalue weighted by Gasteiger charge is -1.99. The first kappa shape index (κ1) is 5.46. The average Bonchev–Trinajstić information content (AvgIpc) is 1.90. The number of nitrogens with one attached hydrogen (secondary N) is 1. The van der Waals surface area contributed by atoms with Gasteiger partial charge in [0.15, 0.2) is 6.21 Å².